The van der Waals surface area contributed by atoms with Gasteiger partial charge in [0.05, 0.1) is 6.34 Å². The van der Waals surface area contributed by atoms with Gasteiger partial charge in [-0.3, -0.25) is 0 Å². The van der Waals surface area contributed by atoms with E-state index in [1.807, 2.05) is 0 Å². The van der Waals surface area contributed by atoms with E-state index < -0.39 is 0 Å². The van der Waals surface area contributed by atoms with E-state index in [9.17, 15) is 0 Å². The Labute approximate surface area is 72.2 Å². The third kappa shape index (κ3) is 1.75. The summed E-state index contributed by atoms with van der Waals surface area (Å²) < 4.78 is 0.459. The summed E-state index contributed by atoms with van der Waals surface area (Å²) in [5, 5.41) is 7.35. The van der Waals surface area contributed by atoms with Crippen molar-refractivity contribution in [2.45, 2.75) is 0 Å². The van der Waals surface area contributed by atoms with Gasteiger partial charge in [-0.1, -0.05) is 22.9 Å². The van der Waals surface area contributed by atoms with Crippen molar-refractivity contribution in [3.63, 3.8) is 0 Å². The Morgan fingerprint density at radius 1 is 1.73 bits per heavy atom. The third-order valence-electron chi connectivity index (χ3n) is 0.920. The Bertz CT molecular complexity index is 293. The van der Waals surface area contributed by atoms with Crippen LogP contribution in [0.3, 0.4) is 0 Å². The van der Waals surface area contributed by atoms with Crippen LogP contribution in [-0.2, 0) is 0 Å². The van der Waals surface area contributed by atoms with Crippen LogP contribution in [0.2, 0.25) is 4.34 Å². The van der Waals surface area contributed by atoms with Crippen LogP contribution in [0.1, 0.15) is 5.69 Å². The molecular formula is C5H5ClN4S. The number of aliphatic imine (C=N–C) groups is 1. The van der Waals surface area contributed by atoms with Crippen molar-refractivity contribution in [1.82, 2.24) is 4.98 Å². The molecule has 0 aliphatic heterocycles. The molecule has 1 aromatic rings. The van der Waals surface area contributed by atoms with Gasteiger partial charge in [0.2, 0.25) is 5.13 Å². The number of nitrogens with zero attached hydrogens (tertiary/aromatic N) is 2. The van der Waals surface area contributed by atoms with Gasteiger partial charge in [-0.25, -0.2) is 9.98 Å². The summed E-state index contributed by atoms with van der Waals surface area (Å²) in [6, 6.07) is 0. The quantitative estimate of drug-likeness (QED) is 0.544. The first-order valence-electron chi connectivity index (χ1n) is 2.69. The van der Waals surface area contributed by atoms with Gasteiger partial charge in [0.15, 0.2) is 0 Å². The number of hydrogen-bond acceptors (Lipinski definition) is 4. The molecule has 1 aromatic heterocycles. The van der Waals surface area contributed by atoms with E-state index in [2.05, 4.69) is 9.98 Å². The second kappa shape index (κ2) is 3.45. The number of hydrogen-bond donors (Lipinski definition) is 2. The molecule has 0 bridgehead atoms. The number of aromatic nitrogens is 1. The zero-order valence-electron chi connectivity index (χ0n) is 5.41. The van der Waals surface area contributed by atoms with Crippen molar-refractivity contribution in [3.05, 3.63) is 10.0 Å². The second-order valence-corrected chi connectivity index (χ2v) is 3.16. The molecule has 0 radical (unpaired) electrons. The standard InChI is InChI=1S/C5H5ClN4S/c6-4-3(1-7)10-5(11-4)9-2-8/h1-2,7H,(H2,8,9,10). The van der Waals surface area contributed by atoms with E-state index in [0.717, 1.165) is 12.6 Å². The van der Waals surface area contributed by atoms with Crippen molar-refractivity contribution < 1.29 is 0 Å². The lowest BCUT2D eigenvalue weighted by atomic mass is 10.5. The maximum atomic E-state index is 6.88. The number of nitrogens with two attached hydrogens (primary N) is 1. The van der Waals surface area contributed by atoms with Gasteiger partial charge in [-0.2, -0.15) is 0 Å². The second-order valence-electron chi connectivity index (χ2n) is 1.58. The van der Waals surface area contributed by atoms with E-state index in [0.29, 0.717) is 15.2 Å². The van der Waals surface area contributed by atoms with Gasteiger partial charge in [0.1, 0.15) is 10.0 Å². The first-order valence-corrected chi connectivity index (χ1v) is 3.88. The fourth-order valence-electron chi connectivity index (χ4n) is 0.510. The van der Waals surface area contributed by atoms with Crippen LogP contribution >= 0.6 is 22.9 Å². The molecule has 6 heteroatoms. The Hall–Kier alpha value is -0.940. The van der Waals surface area contributed by atoms with Crippen LogP contribution in [0.4, 0.5) is 5.13 Å². The highest BCUT2D eigenvalue weighted by Gasteiger charge is 2.04. The van der Waals surface area contributed by atoms with Crippen LogP contribution in [0.25, 0.3) is 0 Å². The number of nitrogens with one attached hydrogen (secondary N) is 1. The van der Waals surface area contributed by atoms with Gasteiger partial charge in [-0.15, -0.1) is 0 Å². The summed E-state index contributed by atoms with van der Waals surface area (Å²) in [5.41, 5.74) is 5.46. The minimum Gasteiger partial charge on any atom is -0.390 e. The van der Waals surface area contributed by atoms with Crippen molar-refractivity contribution in [2.24, 2.45) is 10.7 Å². The van der Waals surface area contributed by atoms with Crippen LogP contribution in [0.15, 0.2) is 4.99 Å². The molecule has 0 spiro atoms. The van der Waals surface area contributed by atoms with E-state index in [-0.39, 0.29) is 0 Å². The fourth-order valence-corrected chi connectivity index (χ4v) is 1.44. The Morgan fingerprint density at radius 2 is 2.45 bits per heavy atom. The highest BCUT2D eigenvalue weighted by Crippen LogP contribution is 2.28. The van der Waals surface area contributed by atoms with E-state index in [4.69, 9.17) is 22.7 Å². The lowest BCUT2D eigenvalue weighted by molar-refractivity contribution is 1.33. The minimum absolute atomic E-state index is 0.428. The topological polar surface area (TPSA) is 75.1 Å². The van der Waals surface area contributed by atoms with Crippen molar-refractivity contribution in [3.8, 4) is 0 Å². The monoisotopic (exact) mass is 188 g/mol. The highest BCUT2D eigenvalue weighted by atomic mass is 35.5. The normalized spacial score (nSPS) is 10.6. The van der Waals surface area contributed by atoms with E-state index in [1.165, 1.54) is 11.3 Å². The summed E-state index contributed by atoms with van der Waals surface area (Å²) in [6.07, 6.45) is 2.22. The molecule has 58 valence electrons. The molecule has 0 atom stereocenters. The molecule has 0 fully saturated rings. The zero-order chi connectivity index (χ0) is 8.27. The van der Waals surface area contributed by atoms with Gasteiger partial charge in [0, 0.05) is 6.21 Å². The molecular weight excluding hydrogens is 184 g/mol. The lowest BCUT2D eigenvalue weighted by Crippen LogP contribution is -1.86. The molecule has 3 N–H and O–H groups in total. The molecule has 0 aliphatic carbocycles. The average molecular weight is 189 g/mol. The molecule has 1 rings (SSSR count). The largest absolute Gasteiger partial charge is 0.390 e. The molecule has 11 heavy (non-hydrogen) atoms. The summed E-state index contributed by atoms with van der Waals surface area (Å²) in [4.78, 5) is 7.59. The van der Waals surface area contributed by atoms with Gasteiger partial charge in [-0.05, 0) is 0 Å². The van der Waals surface area contributed by atoms with E-state index in [1.54, 1.807) is 0 Å². The summed E-state index contributed by atoms with van der Waals surface area (Å²) in [6.45, 7) is 0. The Kier molecular flexibility index (Phi) is 2.56. The van der Waals surface area contributed by atoms with Crippen LogP contribution in [-0.4, -0.2) is 17.5 Å². The van der Waals surface area contributed by atoms with Crippen molar-refractivity contribution in [2.75, 3.05) is 0 Å². The highest BCUT2D eigenvalue weighted by molar-refractivity contribution is 7.19. The average Bonchev–Trinajstić information content (AvgIpc) is 2.32. The van der Waals surface area contributed by atoms with E-state index >= 15 is 0 Å². The lowest BCUT2D eigenvalue weighted by Gasteiger charge is -1.77. The van der Waals surface area contributed by atoms with Gasteiger partial charge >= 0.3 is 0 Å². The maximum absolute atomic E-state index is 6.88. The molecule has 0 unspecified atom stereocenters. The minimum atomic E-state index is 0.428. The molecule has 4 nitrogen and oxygen atoms in total. The molecule has 0 aromatic carbocycles. The van der Waals surface area contributed by atoms with Gasteiger partial charge in [0.25, 0.3) is 0 Å². The number of halogens is 1. The Balaban J connectivity index is 3.04. The number of rotatable bonds is 2. The van der Waals surface area contributed by atoms with Crippen LogP contribution in [0.5, 0.6) is 0 Å². The molecule has 1 heterocycles. The molecule has 0 aliphatic rings. The zero-order valence-corrected chi connectivity index (χ0v) is 6.99. The maximum Gasteiger partial charge on any atom is 0.212 e. The smallest absolute Gasteiger partial charge is 0.212 e. The van der Waals surface area contributed by atoms with Gasteiger partial charge < -0.3 is 11.1 Å². The summed E-state index contributed by atoms with van der Waals surface area (Å²) in [7, 11) is 0. The predicted octanol–water partition coefficient (Wildman–Crippen LogP) is 1.41. The van der Waals surface area contributed by atoms with Crippen molar-refractivity contribution in [1.29, 1.82) is 5.41 Å². The van der Waals surface area contributed by atoms with Crippen LogP contribution in [0, 0.1) is 5.41 Å². The predicted molar refractivity (Wildman–Crippen MR) is 47.3 cm³/mol. The van der Waals surface area contributed by atoms with Crippen molar-refractivity contribution >= 4 is 40.6 Å². The third-order valence-corrected chi connectivity index (χ3v) is 2.11. The summed E-state index contributed by atoms with van der Waals surface area (Å²) >= 11 is 6.86. The van der Waals surface area contributed by atoms with Crippen LogP contribution < -0.4 is 5.73 Å². The molecule has 0 saturated carbocycles. The first-order chi connectivity index (χ1) is 5.27. The SMILES string of the molecule is N=Cc1nc(/N=C/N)sc1Cl. The molecule has 0 saturated heterocycles. The molecule has 0 amide bonds. The summed E-state index contributed by atoms with van der Waals surface area (Å²) in [5.74, 6) is 0. The number of thiazole rings is 1. The Morgan fingerprint density at radius 3 is 2.91 bits per heavy atom. The first kappa shape index (κ1) is 8.16. The fraction of sp³-hybridized carbons (Fsp3) is 0.